The average Bonchev–Trinajstić information content (AvgIpc) is 3.65. The van der Waals surface area contributed by atoms with E-state index in [1.165, 1.54) is 22.3 Å². The molecular formula is C60H37N3O. The molecule has 0 unspecified atom stereocenters. The number of pyridine rings is 1. The van der Waals surface area contributed by atoms with E-state index in [0.29, 0.717) is 5.82 Å². The maximum atomic E-state index is 6.68. The van der Waals surface area contributed by atoms with Crippen LogP contribution in [-0.2, 0) is 5.41 Å². The highest BCUT2D eigenvalue weighted by molar-refractivity contribution is 6.14. The third-order valence-electron chi connectivity index (χ3n) is 13.1. The van der Waals surface area contributed by atoms with E-state index in [-0.39, 0.29) is 0 Å². The van der Waals surface area contributed by atoms with Crippen LogP contribution < -0.4 is 4.74 Å². The minimum Gasteiger partial charge on any atom is -0.457 e. The number of rotatable bonds is 5. The van der Waals surface area contributed by atoms with Crippen LogP contribution >= 0.6 is 0 Å². The summed E-state index contributed by atoms with van der Waals surface area (Å²) in [4.78, 5) is 15.7. The first-order valence-corrected chi connectivity index (χ1v) is 21.8. The van der Waals surface area contributed by atoms with Gasteiger partial charge in [-0.2, -0.15) is 0 Å². The van der Waals surface area contributed by atoms with Crippen molar-refractivity contribution in [1.29, 1.82) is 0 Å². The number of fused-ring (bicyclic) bond motifs is 12. The molecule has 0 radical (unpaired) electrons. The Kier molecular flexibility index (Phi) is 8.09. The van der Waals surface area contributed by atoms with Crippen LogP contribution in [0.3, 0.4) is 0 Å². The molecule has 3 heterocycles. The van der Waals surface area contributed by atoms with E-state index in [9.17, 15) is 0 Å². The van der Waals surface area contributed by atoms with Crippen LogP contribution in [0.2, 0.25) is 0 Å². The Labute approximate surface area is 370 Å². The monoisotopic (exact) mass is 815 g/mol. The van der Waals surface area contributed by atoms with Gasteiger partial charge in [0.2, 0.25) is 0 Å². The first-order chi connectivity index (χ1) is 31.7. The molecule has 1 spiro atoms. The Morgan fingerprint density at radius 3 is 1.59 bits per heavy atom. The lowest BCUT2D eigenvalue weighted by molar-refractivity contribution is 0.436. The van der Waals surface area contributed by atoms with Gasteiger partial charge in [0.1, 0.15) is 11.5 Å². The van der Waals surface area contributed by atoms with Crippen LogP contribution in [-0.4, -0.2) is 15.0 Å². The molecule has 2 aromatic heterocycles. The lowest BCUT2D eigenvalue weighted by Gasteiger charge is -2.39. The molecule has 4 heteroatoms. The zero-order valence-electron chi connectivity index (χ0n) is 34.6. The highest BCUT2D eigenvalue weighted by atomic mass is 16.5. The van der Waals surface area contributed by atoms with Crippen molar-refractivity contribution in [2.75, 3.05) is 0 Å². The van der Waals surface area contributed by atoms with E-state index in [0.717, 1.165) is 94.8 Å². The summed E-state index contributed by atoms with van der Waals surface area (Å²) in [7, 11) is 0. The van der Waals surface area contributed by atoms with E-state index in [4.69, 9.17) is 19.7 Å². The second-order valence-electron chi connectivity index (χ2n) is 16.7. The van der Waals surface area contributed by atoms with E-state index >= 15 is 0 Å². The fraction of sp³-hybridized carbons (Fsp3) is 0.0167. The van der Waals surface area contributed by atoms with Crippen LogP contribution in [0.25, 0.3) is 89.1 Å². The molecule has 4 nitrogen and oxygen atoms in total. The maximum Gasteiger partial charge on any atom is 0.160 e. The van der Waals surface area contributed by atoms with Crippen LogP contribution in [0.1, 0.15) is 22.3 Å². The maximum absolute atomic E-state index is 6.68. The quantitative estimate of drug-likeness (QED) is 0.162. The molecule has 0 N–H and O–H groups in total. The molecule has 0 saturated heterocycles. The van der Waals surface area contributed by atoms with E-state index < -0.39 is 5.41 Å². The molecule has 0 fully saturated rings. The molecule has 64 heavy (non-hydrogen) atoms. The normalized spacial score (nSPS) is 12.9. The van der Waals surface area contributed by atoms with Crippen molar-refractivity contribution in [2.24, 2.45) is 0 Å². The summed E-state index contributed by atoms with van der Waals surface area (Å²) < 4.78 is 6.68. The minimum atomic E-state index is -0.589. The Morgan fingerprint density at radius 1 is 0.312 bits per heavy atom. The van der Waals surface area contributed by atoms with Gasteiger partial charge in [0.05, 0.1) is 28.0 Å². The molecule has 2 aliphatic rings. The average molecular weight is 816 g/mol. The number of para-hydroxylation sites is 2. The van der Waals surface area contributed by atoms with Crippen LogP contribution in [0, 0.1) is 0 Å². The standard InChI is InChI=1S/C60H37N3O/c1-4-17-38(18-5-1)54-37-55(63-59(62-54)40-21-8-3-9-22-40)43-24-16-23-41(33-43)42-31-32-53-47(34-42)45-36-52-46(35-48(45)58(61-53)39-19-6-2-7-20-39)44-25-10-11-26-49(44)60(52)50-27-12-14-29-56(50)64-57-30-15-13-28-51(57)60/h1-37H. The first-order valence-electron chi connectivity index (χ1n) is 21.8. The van der Waals surface area contributed by atoms with Crippen LogP contribution in [0.4, 0.5) is 0 Å². The fourth-order valence-electron chi connectivity index (χ4n) is 10.3. The van der Waals surface area contributed by atoms with E-state index in [1.54, 1.807) is 0 Å². The molecule has 1 aliphatic carbocycles. The van der Waals surface area contributed by atoms with Crippen LogP contribution in [0.5, 0.6) is 11.5 Å². The second kappa shape index (κ2) is 14.3. The molecule has 0 saturated carbocycles. The lowest BCUT2D eigenvalue weighted by atomic mass is 9.66. The second-order valence-corrected chi connectivity index (χ2v) is 16.7. The predicted octanol–water partition coefficient (Wildman–Crippen LogP) is 15.0. The molecule has 13 rings (SSSR count). The topological polar surface area (TPSA) is 47.9 Å². The number of nitrogens with zero attached hydrogens (tertiary/aromatic N) is 3. The van der Waals surface area contributed by atoms with Crippen molar-refractivity contribution in [2.45, 2.75) is 5.41 Å². The summed E-state index contributed by atoms with van der Waals surface area (Å²) in [6.45, 7) is 0. The number of hydrogen-bond acceptors (Lipinski definition) is 4. The fourth-order valence-corrected chi connectivity index (χ4v) is 10.3. The predicted molar refractivity (Wildman–Crippen MR) is 259 cm³/mol. The Hall–Kier alpha value is -8.47. The number of ether oxygens (including phenoxy) is 1. The molecule has 0 amide bonds. The molecule has 9 aromatic carbocycles. The van der Waals surface area contributed by atoms with Gasteiger partial charge in [-0.05, 0) is 87.3 Å². The van der Waals surface area contributed by atoms with E-state index in [1.807, 2.05) is 24.3 Å². The van der Waals surface area contributed by atoms with Gasteiger partial charge in [-0.3, -0.25) is 0 Å². The SMILES string of the molecule is c1ccc(-c2cc(-c3cccc(-c4ccc5nc(-c6ccccc6)c6cc7c(cc6c5c4)C4(c5ccccc5Oc5ccccc54)c4ccccc4-7)c3)nc(-c3ccccc3)n2)cc1. The van der Waals surface area contributed by atoms with Crippen molar-refractivity contribution in [1.82, 2.24) is 15.0 Å². The Bertz CT molecular complexity index is 3540. The van der Waals surface area contributed by atoms with Crippen molar-refractivity contribution < 1.29 is 4.74 Å². The minimum absolute atomic E-state index is 0.589. The molecule has 0 atom stereocenters. The van der Waals surface area contributed by atoms with Gasteiger partial charge >= 0.3 is 0 Å². The van der Waals surface area contributed by atoms with E-state index in [2.05, 4.69) is 200 Å². The van der Waals surface area contributed by atoms with Gasteiger partial charge in [0.15, 0.2) is 5.82 Å². The molecule has 11 aromatic rings. The van der Waals surface area contributed by atoms with Gasteiger partial charge < -0.3 is 4.74 Å². The smallest absolute Gasteiger partial charge is 0.160 e. The Balaban J connectivity index is 1.04. The highest BCUT2D eigenvalue weighted by Gasteiger charge is 2.51. The lowest BCUT2D eigenvalue weighted by Crippen LogP contribution is -2.32. The van der Waals surface area contributed by atoms with Crippen molar-refractivity contribution in [3.63, 3.8) is 0 Å². The number of aromatic nitrogens is 3. The zero-order chi connectivity index (χ0) is 42.2. The molecule has 1 aliphatic heterocycles. The van der Waals surface area contributed by atoms with Crippen molar-refractivity contribution >= 4 is 21.7 Å². The Morgan fingerprint density at radius 2 is 0.875 bits per heavy atom. The number of benzene rings is 9. The zero-order valence-corrected chi connectivity index (χ0v) is 34.6. The van der Waals surface area contributed by atoms with Gasteiger partial charge in [-0.1, -0.05) is 176 Å². The van der Waals surface area contributed by atoms with Gasteiger partial charge in [0.25, 0.3) is 0 Å². The summed E-state index contributed by atoms with van der Waals surface area (Å²) in [6.07, 6.45) is 0. The molecule has 298 valence electrons. The van der Waals surface area contributed by atoms with Crippen LogP contribution in [0.15, 0.2) is 224 Å². The van der Waals surface area contributed by atoms with Gasteiger partial charge in [0, 0.05) is 44.2 Å². The summed E-state index contributed by atoms with van der Waals surface area (Å²) in [5.41, 5.74) is 16.7. The van der Waals surface area contributed by atoms with Gasteiger partial charge in [-0.25, -0.2) is 15.0 Å². The summed E-state index contributed by atoms with van der Waals surface area (Å²) >= 11 is 0. The molecular weight excluding hydrogens is 779 g/mol. The summed E-state index contributed by atoms with van der Waals surface area (Å²) in [5, 5.41) is 3.37. The first kappa shape index (κ1) is 36.2. The van der Waals surface area contributed by atoms with Crippen molar-refractivity contribution in [3.05, 3.63) is 247 Å². The summed E-state index contributed by atoms with van der Waals surface area (Å²) in [5.74, 6) is 2.46. The van der Waals surface area contributed by atoms with Crippen molar-refractivity contribution in [3.8, 4) is 78.9 Å². The summed E-state index contributed by atoms with van der Waals surface area (Å²) in [6, 6.07) is 79.6. The third kappa shape index (κ3) is 5.52. The number of hydrogen-bond donors (Lipinski definition) is 0. The van der Waals surface area contributed by atoms with Gasteiger partial charge in [-0.15, -0.1) is 0 Å². The largest absolute Gasteiger partial charge is 0.457 e. The third-order valence-corrected chi connectivity index (χ3v) is 13.1. The highest BCUT2D eigenvalue weighted by Crippen LogP contribution is 2.62. The molecule has 0 bridgehead atoms.